The van der Waals surface area contributed by atoms with Crippen molar-refractivity contribution in [1.29, 1.82) is 0 Å². The van der Waals surface area contributed by atoms with Crippen LogP contribution < -0.4 is 15.0 Å². The number of carbonyl (C=O) groups is 3. The Bertz CT molecular complexity index is 1410. The van der Waals surface area contributed by atoms with Gasteiger partial charge in [-0.15, -0.1) is 0 Å². The highest BCUT2D eigenvalue weighted by atomic mass is 19.1. The zero-order valence-electron chi connectivity index (χ0n) is 23.3. The molecule has 2 fully saturated rings. The molecule has 41 heavy (non-hydrogen) atoms. The number of hydrogen-bond acceptors (Lipinski definition) is 5. The maximum absolute atomic E-state index is 13.8. The van der Waals surface area contributed by atoms with Gasteiger partial charge < -0.3 is 24.8 Å². The van der Waals surface area contributed by atoms with E-state index in [0.717, 1.165) is 24.9 Å². The van der Waals surface area contributed by atoms with Crippen molar-refractivity contribution >= 4 is 29.1 Å². The number of methoxy groups -OCH3 is 1. The lowest BCUT2D eigenvalue weighted by atomic mass is 10.1. The van der Waals surface area contributed by atoms with Gasteiger partial charge in [0.15, 0.2) is 0 Å². The van der Waals surface area contributed by atoms with E-state index in [1.54, 1.807) is 54.5 Å². The molecule has 0 unspecified atom stereocenters. The Labute approximate surface area is 239 Å². The summed E-state index contributed by atoms with van der Waals surface area (Å²) in [6, 6.07) is 18.0. The fourth-order valence-electron chi connectivity index (χ4n) is 5.44. The quantitative estimate of drug-likeness (QED) is 0.457. The number of hydrogen-bond donors (Lipinski definition) is 1. The van der Waals surface area contributed by atoms with Crippen molar-refractivity contribution in [2.45, 2.75) is 25.7 Å². The number of amides is 3. The second-order valence-corrected chi connectivity index (χ2v) is 10.4. The molecule has 2 heterocycles. The molecule has 3 aromatic carbocycles. The zero-order chi connectivity index (χ0) is 28.8. The molecule has 3 amide bonds. The van der Waals surface area contributed by atoms with E-state index < -0.39 is 5.82 Å². The number of benzene rings is 3. The van der Waals surface area contributed by atoms with Crippen LogP contribution in [0.3, 0.4) is 0 Å². The average molecular weight is 559 g/mol. The van der Waals surface area contributed by atoms with Gasteiger partial charge in [0.05, 0.1) is 12.7 Å². The second-order valence-electron chi connectivity index (χ2n) is 10.4. The van der Waals surface area contributed by atoms with Crippen molar-refractivity contribution in [3.8, 4) is 5.75 Å². The normalized spacial score (nSPS) is 15.7. The Hall–Kier alpha value is -4.40. The predicted molar refractivity (Wildman–Crippen MR) is 156 cm³/mol. The topological polar surface area (TPSA) is 82.2 Å². The summed E-state index contributed by atoms with van der Waals surface area (Å²) in [6.45, 7) is 3.58. The van der Waals surface area contributed by atoms with Crippen molar-refractivity contribution in [2.24, 2.45) is 0 Å². The summed E-state index contributed by atoms with van der Waals surface area (Å²) in [7, 11) is 1.57. The van der Waals surface area contributed by atoms with E-state index >= 15 is 0 Å². The number of likely N-dealkylation sites (tertiary alicyclic amines) is 1. The monoisotopic (exact) mass is 558 g/mol. The Morgan fingerprint density at radius 3 is 2.20 bits per heavy atom. The summed E-state index contributed by atoms with van der Waals surface area (Å²) in [6.07, 6.45) is 3.75. The Morgan fingerprint density at radius 2 is 1.46 bits per heavy atom. The van der Waals surface area contributed by atoms with E-state index in [-0.39, 0.29) is 17.7 Å². The number of nitrogens with one attached hydrogen (secondary N) is 1. The van der Waals surface area contributed by atoms with Crippen LogP contribution in [-0.2, 0) is 0 Å². The molecule has 0 aliphatic carbocycles. The number of halogens is 1. The minimum Gasteiger partial charge on any atom is -0.497 e. The first-order valence-electron chi connectivity index (χ1n) is 14.1. The largest absolute Gasteiger partial charge is 0.497 e. The van der Waals surface area contributed by atoms with E-state index in [2.05, 4.69) is 10.2 Å². The molecule has 0 spiro atoms. The summed E-state index contributed by atoms with van der Waals surface area (Å²) in [5.41, 5.74) is 2.66. The fraction of sp³-hybridized carbons (Fsp3) is 0.344. The van der Waals surface area contributed by atoms with Crippen LogP contribution in [0, 0.1) is 5.82 Å². The number of piperidine rings is 1. The molecular formula is C32H35FN4O4. The summed E-state index contributed by atoms with van der Waals surface area (Å²) in [5, 5.41) is 2.93. The van der Waals surface area contributed by atoms with Crippen LogP contribution in [0.15, 0.2) is 66.7 Å². The van der Waals surface area contributed by atoms with E-state index in [1.807, 2.05) is 17.0 Å². The van der Waals surface area contributed by atoms with E-state index in [1.165, 1.54) is 12.1 Å². The SMILES string of the molecule is COc1ccc(C(=O)Nc2ccc(N3CCCN(C(=O)c4cccc(F)c4)CC3)c(C(=O)N3CCCCC3)c2)cc1. The van der Waals surface area contributed by atoms with Crippen LogP contribution in [-0.4, -0.2) is 73.9 Å². The van der Waals surface area contributed by atoms with Crippen molar-refractivity contribution in [2.75, 3.05) is 56.6 Å². The smallest absolute Gasteiger partial charge is 0.256 e. The third-order valence-electron chi connectivity index (χ3n) is 7.68. The summed E-state index contributed by atoms with van der Waals surface area (Å²) in [5.74, 6) is -0.316. The highest BCUT2D eigenvalue weighted by Crippen LogP contribution is 2.29. The van der Waals surface area contributed by atoms with Crippen LogP contribution in [0.1, 0.15) is 56.8 Å². The van der Waals surface area contributed by atoms with Gasteiger partial charge in [0.1, 0.15) is 11.6 Å². The number of ether oxygens (including phenoxy) is 1. The van der Waals surface area contributed by atoms with Gasteiger partial charge in [-0.1, -0.05) is 6.07 Å². The second kappa shape index (κ2) is 12.8. The number of nitrogens with zero attached hydrogens (tertiary/aromatic N) is 3. The maximum Gasteiger partial charge on any atom is 0.256 e. The molecule has 214 valence electrons. The lowest BCUT2D eigenvalue weighted by Crippen LogP contribution is -2.38. The van der Waals surface area contributed by atoms with Gasteiger partial charge in [0, 0.05) is 61.8 Å². The molecule has 2 aliphatic rings. The van der Waals surface area contributed by atoms with Crippen LogP contribution in [0.25, 0.3) is 0 Å². The Morgan fingerprint density at radius 1 is 0.732 bits per heavy atom. The van der Waals surface area contributed by atoms with Gasteiger partial charge in [0.2, 0.25) is 0 Å². The van der Waals surface area contributed by atoms with Gasteiger partial charge in [-0.2, -0.15) is 0 Å². The predicted octanol–water partition coefficient (Wildman–Crippen LogP) is 5.07. The highest BCUT2D eigenvalue weighted by molar-refractivity contribution is 6.06. The number of rotatable bonds is 6. The molecule has 1 N–H and O–H groups in total. The van der Waals surface area contributed by atoms with Gasteiger partial charge >= 0.3 is 0 Å². The molecule has 5 rings (SSSR count). The van der Waals surface area contributed by atoms with Gasteiger partial charge in [-0.25, -0.2) is 4.39 Å². The number of carbonyl (C=O) groups excluding carboxylic acids is 3. The lowest BCUT2D eigenvalue weighted by Gasteiger charge is -2.30. The summed E-state index contributed by atoms with van der Waals surface area (Å²) in [4.78, 5) is 45.6. The molecule has 0 bridgehead atoms. The fourth-order valence-corrected chi connectivity index (χ4v) is 5.44. The Kier molecular flexibility index (Phi) is 8.82. The molecule has 0 aromatic heterocycles. The standard InChI is InChI=1S/C32H35FN4O4/c1-41-27-12-9-23(10-13-27)30(38)34-26-11-14-29(28(22-26)32(40)36-15-3-2-4-16-36)35-17-6-18-37(20-19-35)31(39)24-7-5-8-25(33)21-24/h5,7-14,21-22H,2-4,6,15-20H2,1H3,(H,34,38). The molecule has 2 saturated heterocycles. The van der Waals surface area contributed by atoms with Crippen LogP contribution >= 0.6 is 0 Å². The third-order valence-corrected chi connectivity index (χ3v) is 7.68. The zero-order valence-corrected chi connectivity index (χ0v) is 23.3. The summed E-state index contributed by atoms with van der Waals surface area (Å²) >= 11 is 0. The van der Waals surface area contributed by atoms with Crippen molar-refractivity contribution in [3.05, 3.63) is 89.2 Å². The van der Waals surface area contributed by atoms with Gasteiger partial charge in [-0.3, -0.25) is 14.4 Å². The van der Waals surface area contributed by atoms with Crippen LogP contribution in [0.4, 0.5) is 15.8 Å². The molecule has 3 aromatic rings. The first kappa shape index (κ1) is 28.1. The van der Waals surface area contributed by atoms with Crippen molar-refractivity contribution in [3.63, 3.8) is 0 Å². The van der Waals surface area contributed by atoms with Crippen molar-refractivity contribution < 1.29 is 23.5 Å². The maximum atomic E-state index is 13.8. The third kappa shape index (κ3) is 6.67. The molecular weight excluding hydrogens is 523 g/mol. The minimum atomic E-state index is -0.438. The van der Waals surface area contributed by atoms with Gasteiger partial charge in [-0.05, 0) is 86.3 Å². The molecule has 8 nitrogen and oxygen atoms in total. The molecule has 2 aliphatic heterocycles. The number of anilines is 2. The first-order valence-corrected chi connectivity index (χ1v) is 14.1. The van der Waals surface area contributed by atoms with Crippen molar-refractivity contribution in [1.82, 2.24) is 9.80 Å². The minimum absolute atomic E-state index is 0.0582. The molecule has 0 atom stereocenters. The van der Waals surface area contributed by atoms with Crippen LogP contribution in [0.5, 0.6) is 5.75 Å². The van der Waals surface area contributed by atoms with E-state index in [9.17, 15) is 18.8 Å². The molecule has 9 heteroatoms. The highest BCUT2D eigenvalue weighted by Gasteiger charge is 2.26. The summed E-state index contributed by atoms with van der Waals surface area (Å²) < 4.78 is 18.9. The van der Waals surface area contributed by atoms with Crippen LogP contribution in [0.2, 0.25) is 0 Å². The van der Waals surface area contributed by atoms with E-state index in [4.69, 9.17) is 4.74 Å². The Balaban J connectivity index is 1.37. The van der Waals surface area contributed by atoms with E-state index in [0.29, 0.717) is 73.8 Å². The lowest BCUT2D eigenvalue weighted by molar-refractivity contribution is 0.0723. The van der Waals surface area contributed by atoms with Gasteiger partial charge in [0.25, 0.3) is 17.7 Å². The molecule has 0 saturated carbocycles. The average Bonchev–Trinajstić information content (AvgIpc) is 3.27. The molecule has 0 radical (unpaired) electrons. The first-order chi connectivity index (χ1) is 19.9.